The second-order valence-electron chi connectivity index (χ2n) is 5.15. The van der Waals surface area contributed by atoms with Crippen LogP contribution in [0.2, 0.25) is 0 Å². The number of aldehydes is 1. The number of phenols is 1. The van der Waals surface area contributed by atoms with Crippen molar-refractivity contribution in [1.29, 1.82) is 0 Å². The summed E-state index contributed by atoms with van der Waals surface area (Å²) < 4.78 is 0. The second-order valence-corrected chi connectivity index (χ2v) is 5.15. The van der Waals surface area contributed by atoms with Gasteiger partial charge < -0.3 is 10.0 Å². The zero-order chi connectivity index (χ0) is 16.6. The molecule has 0 unspecified atom stereocenters. The van der Waals surface area contributed by atoms with E-state index in [1.54, 1.807) is 12.1 Å². The fourth-order valence-corrected chi connectivity index (χ4v) is 2.31. The molecule has 1 heterocycles. The monoisotopic (exact) mass is 310 g/mol. The number of aromatic hydroxyl groups is 1. The van der Waals surface area contributed by atoms with Gasteiger partial charge in [0.05, 0.1) is 5.69 Å². The third kappa shape index (κ3) is 2.52. The Hall–Kier alpha value is -3.22. The van der Waals surface area contributed by atoms with Gasteiger partial charge in [0, 0.05) is 7.05 Å². The van der Waals surface area contributed by atoms with Crippen LogP contribution in [0.5, 0.6) is 5.75 Å². The van der Waals surface area contributed by atoms with Gasteiger partial charge in [0.2, 0.25) is 6.29 Å². The summed E-state index contributed by atoms with van der Waals surface area (Å²) in [4.78, 5) is 24.7. The van der Waals surface area contributed by atoms with E-state index in [0.29, 0.717) is 16.7 Å². The zero-order valence-electron chi connectivity index (χ0n) is 12.6. The predicted molar refractivity (Wildman–Crippen MR) is 84.7 cm³/mol. The summed E-state index contributed by atoms with van der Waals surface area (Å²) in [6.45, 7) is 1.81. The molecule has 3 aromatic rings. The highest BCUT2D eigenvalue weighted by atomic mass is 16.3. The SMILES string of the molecule is Cc1cc(N(C)C(=O)C=O)c(O)c(-n2nc3ccccc3n2)c1. The Kier molecular flexibility index (Phi) is 3.53. The molecule has 2 aromatic carbocycles. The lowest BCUT2D eigenvalue weighted by Gasteiger charge is -2.18. The number of anilines is 1. The first-order chi connectivity index (χ1) is 11.0. The van der Waals surface area contributed by atoms with Crippen LogP contribution in [0.15, 0.2) is 36.4 Å². The molecule has 0 aliphatic rings. The minimum absolute atomic E-state index is 0.173. The molecule has 0 radical (unpaired) electrons. The van der Waals surface area contributed by atoms with E-state index in [-0.39, 0.29) is 17.7 Å². The van der Waals surface area contributed by atoms with Crippen LogP contribution >= 0.6 is 0 Å². The van der Waals surface area contributed by atoms with E-state index in [2.05, 4.69) is 10.2 Å². The lowest BCUT2D eigenvalue weighted by molar-refractivity contribution is -0.129. The molecule has 0 aliphatic carbocycles. The molecule has 0 aliphatic heterocycles. The minimum atomic E-state index is -0.754. The van der Waals surface area contributed by atoms with E-state index < -0.39 is 5.91 Å². The van der Waals surface area contributed by atoms with E-state index in [1.165, 1.54) is 11.8 Å². The van der Waals surface area contributed by atoms with Crippen molar-refractivity contribution in [2.75, 3.05) is 11.9 Å². The minimum Gasteiger partial charge on any atom is -0.504 e. The second kappa shape index (κ2) is 5.53. The van der Waals surface area contributed by atoms with Crippen molar-refractivity contribution in [3.05, 3.63) is 42.0 Å². The van der Waals surface area contributed by atoms with Crippen LogP contribution in [-0.2, 0) is 9.59 Å². The summed E-state index contributed by atoms with van der Waals surface area (Å²) in [7, 11) is 1.42. The van der Waals surface area contributed by atoms with E-state index >= 15 is 0 Å². The number of amides is 1. The molecule has 0 saturated carbocycles. The highest BCUT2D eigenvalue weighted by Gasteiger charge is 2.19. The summed E-state index contributed by atoms with van der Waals surface area (Å²) in [5.74, 6) is -0.927. The van der Waals surface area contributed by atoms with Crippen molar-refractivity contribution in [3.63, 3.8) is 0 Å². The van der Waals surface area contributed by atoms with Gasteiger partial charge in [-0.1, -0.05) is 12.1 Å². The standard InChI is InChI=1S/C16H14N4O3/c1-10-7-13(19(2)15(22)9-21)16(23)14(8-10)20-17-11-5-3-4-6-12(11)18-20/h3-9,23H,1-2H3. The number of phenolic OH excluding ortho intramolecular Hbond substituents is 1. The lowest BCUT2D eigenvalue weighted by Crippen LogP contribution is -2.27. The number of rotatable bonds is 3. The normalized spacial score (nSPS) is 10.7. The van der Waals surface area contributed by atoms with Crippen molar-refractivity contribution in [2.45, 2.75) is 6.92 Å². The van der Waals surface area contributed by atoms with E-state index in [9.17, 15) is 14.7 Å². The summed E-state index contributed by atoms with van der Waals surface area (Å²) in [6, 6.07) is 10.6. The Balaban J connectivity index is 2.17. The molecular weight excluding hydrogens is 296 g/mol. The van der Waals surface area contributed by atoms with Gasteiger partial charge in [0.15, 0.2) is 5.75 Å². The quantitative estimate of drug-likeness (QED) is 0.586. The van der Waals surface area contributed by atoms with Gasteiger partial charge in [0.25, 0.3) is 5.91 Å². The Morgan fingerprint density at radius 3 is 2.39 bits per heavy atom. The van der Waals surface area contributed by atoms with Crippen molar-refractivity contribution in [1.82, 2.24) is 15.0 Å². The average molecular weight is 310 g/mol. The number of carbonyl (C=O) groups excluding carboxylic acids is 2. The maximum Gasteiger partial charge on any atom is 0.290 e. The molecule has 1 aromatic heterocycles. The number of carbonyl (C=O) groups is 2. The molecule has 1 amide bonds. The van der Waals surface area contributed by atoms with Crippen LogP contribution in [-0.4, -0.2) is 39.3 Å². The van der Waals surface area contributed by atoms with Crippen LogP contribution < -0.4 is 4.90 Å². The van der Waals surface area contributed by atoms with Gasteiger partial charge in [-0.25, -0.2) is 0 Å². The Morgan fingerprint density at radius 1 is 1.22 bits per heavy atom. The molecule has 0 saturated heterocycles. The number of hydrogen-bond donors (Lipinski definition) is 1. The molecule has 3 rings (SSSR count). The Morgan fingerprint density at radius 2 is 1.83 bits per heavy atom. The van der Waals surface area contributed by atoms with Crippen molar-refractivity contribution >= 4 is 28.9 Å². The molecule has 0 atom stereocenters. The van der Waals surface area contributed by atoms with Gasteiger partial charge in [-0.2, -0.15) is 0 Å². The topological polar surface area (TPSA) is 88.3 Å². The number of benzene rings is 2. The van der Waals surface area contributed by atoms with Gasteiger partial charge in [0.1, 0.15) is 16.7 Å². The fourth-order valence-electron chi connectivity index (χ4n) is 2.31. The number of hydrogen-bond acceptors (Lipinski definition) is 5. The molecule has 7 heteroatoms. The fraction of sp³-hybridized carbons (Fsp3) is 0.125. The Bertz CT molecular complexity index is 884. The number of nitrogens with zero attached hydrogens (tertiary/aromatic N) is 4. The maximum atomic E-state index is 11.6. The Labute approximate surface area is 131 Å². The first kappa shape index (κ1) is 14.7. The van der Waals surface area contributed by atoms with Crippen LogP contribution in [0.1, 0.15) is 5.56 Å². The summed E-state index contributed by atoms with van der Waals surface area (Å²) >= 11 is 0. The molecule has 0 spiro atoms. The third-order valence-electron chi connectivity index (χ3n) is 3.51. The summed E-state index contributed by atoms with van der Waals surface area (Å²) in [6.07, 6.45) is 0.196. The maximum absolute atomic E-state index is 11.6. The summed E-state index contributed by atoms with van der Waals surface area (Å²) in [5.41, 5.74) is 2.72. The first-order valence-electron chi connectivity index (χ1n) is 6.90. The van der Waals surface area contributed by atoms with Gasteiger partial charge >= 0.3 is 0 Å². The molecule has 0 fully saturated rings. The van der Waals surface area contributed by atoms with Gasteiger partial charge in [-0.05, 0) is 36.8 Å². The van der Waals surface area contributed by atoms with Gasteiger partial charge in [-0.15, -0.1) is 15.0 Å². The molecule has 23 heavy (non-hydrogen) atoms. The molecule has 1 N–H and O–H groups in total. The number of aryl methyl sites for hydroxylation is 1. The zero-order valence-corrected chi connectivity index (χ0v) is 12.6. The smallest absolute Gasteiger partial charge is 0.290 e. The van der Waals surface area contributed by atoms with Crippen LogP contribution in [0.4, 0.5) is 5.69 Å². The van der Waals surface area contributed by atoms with E-state index in [0.717, 1.165) is 10.5 Å². The van der Waals surface area contributed by atoms with Crippen LogP contribution in [0.25, 0.3) is 16.7 Å². The third-order valence-corrected chi connectivity index (χ3v) is 3.51. The van der Waals surface area contributed by atoms with E-state index in [4.69, 9.17) is 0 Å². The van der Waals surface area contributed by atoms with Crippen LogP contribution in [0.3, 0.4) is 0 Å². The highest BCUT2D eigenvalue weighted by molar-refractivity contribution is 6.30. The molecule has 7 nitrogen and oxygen atoms in total. The first-order valence-corrected chi connectivity index (χ1v) is 6.90. The average Bonchev–Trinajstić information content (AvgIpc) is 2.99. The van der Waals surface area contributed by atoms with Crippen molar-refractivity contribution in [3.8, 4) is 11.4 Å². The molecule has 116 valence electrons. The van der Waals surface area contributed by atoms with Crippen LogP contribution in [0, 0.1) is 6.92 Å². The largest absolute Gasteiger partial charge is 0.504 e. The number of fused-ring (bicyclic) bond motifs is 1. The van der Waals surface area contributed by atoms with Crippen molar-refractivity contribution in [2.24, 2.45) is 0 Å². The summed E-state index contributed by atoms with van der Waals surface area (Å²) in [5, 5.41) is 19.1. The van der Waals surface area contributed by atoms with Crippen molar-refractivity contribution < 1.29 is 14.7 Å². The lowest BCUT2D eigenvalue weighted by atomic mass is 10.1. The molecule has 0 bridgehead atoms. The highest BCUT2D eigenvalue weighted by Crippen LogP contribution is 2.34. The number of likely N-dealkylation sites (N-methyl/N-ethyl adjacent to an activating group) is 1. The van der Waals surface area contributed by atoms with E-state index in [1.807, 2.05) is 31.2 Å². The van der Waals surface area contributed by atoms with Gasteiger partial charge in [-0.3, -0.25) is 9.59 Å². The predicted octanol–water partition coefficient (Wildman–Crippen LogP) is 1.60. The molecular formula is C16H14N4O3. The number of aromatic nitrogens is 3.